The maximum atomic E-state index is 12.2. The molecule has 0 unspecified atom stereocenters. The second-order valence-electron chi connectivity index (χ2n) is 11.7. The lowest BCUT2D eigenvalue weighted by molar-refractivity contribution is -0.138. The number of hydrogen-bond acceptors (Lipinski definition) is 17. The zero-order chi connectivity index (χ0) is 39.5. The molecule has 19 heteroatoms. The van der Waals surface area contributed by atoms with Crippen LogP contribution < -0.4 is 5.73 Å². The molecule has 1 atom stereocenters. The van der Waals surface area contributed by atoms with Crippen LogP contribution in [0.15, 0.2) is 0 Å². The molecular weight excluding hydrogens is 732 g/mol. The molecule has 0 radical (unpaired) electrons. The molecular formula is C36H70N2O17. The molecule has 0 aliphatic carbocycles. The zero-order valence-corrected chi connectivity index (χ0v) is 32.9. The molecule has 0 aromatic carbocycles. The van der Waals surface area contributed by atoms with Gasteiger partial charge in [0.15, 0.2) is 0 Å². The van der Waals surface area contributed by atoms with Gasteiger partial charge in [-0.25, -0.2) is 0 Å². The molecule has 19 nitrogen and oxygen atoms in total. The van der Waals surface area contributed by atoms with Gasteiger partial charge in [-0.15, -0.1) is 0 Å². The molecule has 1 fully saturated rings. The van der Waals surface area contributed by atoms with Crippen LogP contribution in [-0.4, -0.2) is 226 Å². The van der Waals surface area contributed by atoms with E-state index in [0.29, 0.717) is 191 Å². The van der Waals surface area contributed by atoms with E-state index in [2.05, 4.69) is 0 Å². The van der Waals surface area contributed by atoms with Crippen LogP contribution in [0.1, 0.15) is 19.3 Å². The Hall–Kier alpha value is -1.66. The number of primary amides is 1. The van der Waals surface area contributed by atoms with Crippen molar-refractivity contribution in [2.45, 2.75) is 25.3 Å². The van der Waals surface area contributed by atoms with E-state index < -0.39 is 11.9 Å². The second-order valence-corrected chi connectivity index (χ2v) is 11.7. The number of nitrogens with zero attached hydrogens (tertiary/aromatic N) is 1. The fraction of sp³-hybridized carbons (Fsp3) is 0.944. The molecule has 1 rings (SSSR count). The minimum absolute atomic E-state index is 0.0185. The van der Waals surface area contributed by atoms with Crippen LogP contribution in [0.2, 0.25) is 0 Å². The van der Waals surface area contributed by atoms with Gasteiger partial charge in [-0.05, 0) is 12.8 Å². The van der Waals surface area contributed by atoms with E-state index in [4.69, 9.17) is 77.2 Å². The number of amides is 2. The monoisotopic (exact) mass is 802 g/mol. The zero-order valence-electron chi connectivity index (χ0n) is 32.9. The standard InChI is InChI=1S/C36H70N2O17/c37-36(41)34-2-1-4-38(34)35(40)3-6-42-8-10-44-12-14-46-16-18-48-20-22-50-24-26-52-28-30-54-32-33-55-31-29-53-27-25-51-23-21-49-19-17-47-15-13-45-11-9-43-7-5-39/h34,39H,1-33H2,(H2,37,41)/t34-/m0/s1. The maximum absolute atomic E-state index is 12.2. The van der Waals surface area contributed by atoms with Crippen molar-refractivity contribution >= 4 is 11.8 Å². The highest BCUT2D eigenvalue weighted by Crippen LogP contribution is 2.17. The molecule has 0 spiro atoms. The first-order valence-electron chi connectivity index (χ1n) is 19.4. The summed E-state index contributed by atoms with van der Waals surface area (Å²) in [4.78, 5) is 25.2. The highest BCUT2D eigenvalue weighted by Gasteiger charge is 2.32. The number of ether oxygens (including phenoxy) is 14. The highest BCUT2D eigenvalue weighted by molar-refractivity contribution is 5.87. The number of likely N-dealkylation sites (tertiary alicyclic amines) is 1. The minimum atomic E-state index is -0.487. The van der Waals surface area contributed by atoms with Gasteiger partial charge in [-0.2, -0.15) is 0 Å². The summed E-state index contributed by atoms with van der Waals surface area (Å²) in [7, 11) is 0. The lowest BCUT2D eigenvalue weighted by Gasteiger charge is -2.22. The van der Waals surface area contributed by atoms with E-state index in [0.717, 1.165) is 6.42 Å². The number of aliphatic hydroxyl groups is 1. The molecule has 55 heavy (non-hydrogen) atoms. The van der Waals surface area contributed by atoms with Crippen molar-refractivity contribution in [3.05, 3.63) is 0 Å². The van der Waals surface area contributed by atoms with Gasteiger partial charge in [-0.1, -0.05) is 0 Å². The van der Waals surface area contributed by atoms with Crippen molar-refractivity contribution in [2.24, 2.45) is 5.73 Å². The smallest absolute Gasteiger partial charge is 0.240 e. The van der Waals surface area contributed by atoms with E-state index in [1.54, 1.807) is 4.90 Å². The van der Waals surface area contributed by atoms with Gasteiger partial charge in [0.25, 0.3) is 0 Å². The first kappa shape index (κ1) is 51.4. The quantitative estimate of drug-likeness (QED) is 0.0713. The van der Waals surface area contributed by atoms with Gasteiger partial charge < -0.3 is 82.1 Å². The largest absolute Gasteiger partial charge is 0.394 e. The Balaban J connectivity index is 1.63. The van der Waals surface area contributed by atoms with Crippen molar-refractivity contribution in [3.63, 3.8) is 0 Å². The van der Waals surface area contributed by atoms with E-state index in [1.807, 2.05) is 0 Å². The van der Waals surface area contributed by atoms with Crippen molar-refractivity contribution in [1.29, 1.82) is 0 Å². The van der Waals surface area contributed by atoms with E-state index in [1.165, 1.54) is 0 Å². The molecule has 1 aliphatic heterocycles. The van der Waals surface area contributed by atoms with Crippen LogP contribution in [0.3, 0.4) is 0 Å². The Morgan fingerprint density at radius 1 is 0.418 bits per heavy atom. The SMILES string of the molecule is NC(=O)[C@@H]1CCCN1C(=O)CCOCCOCCOCCOCCOCCOCCOCCOCCOCCOCCOCCOCCOCCOCCO. The molecule has 0 aromatic heterocycles. The maximum Gasteiger partial charge on any atom is 0.240 e. The molecule has 1 heterocycles. The molecule has 0 bridgehead atoms. The third-order valence-electron chi connectivity index (χ3n) is 7.43. The van der Waals surface area contributed by atoms with Gasteiger partial charge in [-0.3, -0.25) is 9.59 Å². The summed E-state index contributed by atoms with van der Waals surface area (Å²) in [6, 6.07) is -0.487. The van der Waals surface area contributed by atoms with Crippen LogP contribution in [0.4, 0.5) is 0 Å². The van der Waals surface area contributed by atoms with E-state index in [-0.39, 0.29) is 25.5 Å². The summed E-state index contributed by atoms with van der Waals surface area (Å²) < 4.78 is 76.0. The number of hydrogen-bond donors (Lipinski definition) is 2. The Morgan fingerprint density at radius 3 is 0.891 bits per heavy atom. The number of rotatable bonds is 45. The molecule has 326 valence electrons. The third-order valence-corrected chi connectivity index (χ3v) is 7.43. The normalized spacial score (nSPS) is 14.3. The van der Waals surface area contributed by atoms with Gasteiger partial charge in [0.1, 0.15) is 6.04 Å². The topological polar surface area (TPSA) is 213 Å². The van der Waals surface area contributed by atoms with Crippen LogP contribution in [-0.2, 0) is 75.9 Å². The Kier molecular flexibility index (Phi) is 39.2. The Labute approximate surface area is 326 Å². The van der Waals surface area contributed by atoms with Crippen LogP contribution >= 0.6 is 0 Å². The number of carbonyl (C=O) groups excluding carboxylic acids is 2. The van der Waals surface area contributed by atoms with Crippen LogP contribution in [0, 0.1) is 0 Å². The summed E-state index contributed by atoms with van der Waals surface area (Å²) in [5, 5.41) is 8.59. The average Bonchev–Trinajstić information content (AvgIpc) is 3.69. The molecule has 2 amide bonds. The van der Waals surface area contributed by atoms with E-state index >= 15 is 0 Å². The predicted molar refractivity (Wildman–Crippen MR) is 197 cm³/mol. The summed E-state index contributed by atoms with van der Waals surface area (Å²) in [5.74, 6) is -0.557. The van der Waals surface area contributed by atoms with Gasteiger partial charge in [0.2, 0.25) is 11.8 Å². The van der Waals surface area contributed by atoms with Crippen molar-refractivity contribution < 1.29 is 81.0 Å². The van der Waals surface area contributed by atoms with Gasteiger partial charge in [0.05, 0.1) is 198 Å². The second kappa shape index (κ2) is 42.0. The van der Waals surface area contributed by atoms with Gasteiger partial charge in [0, 0.05) is 6.54 Å². The predicted octanol–water partition coefficient (Wildman–Crippen LogP) is -0.922. The lowest BCUT2D eigenvalue weighted by atomic mass is 10.2. The molecule has 0 aromatic rings. The number of nitrogens with two attached hydrogens (primary N) is 1. The van der Waals surface area contributed by atoms with E-state index in [9.17, 15) is 9.59 Å². The summed E-state index contributed by atoms with van der Waals surface area (Å²) in [5.41, 5.74) is 5.35. The minimum Gasteiger partial charge on any atom is -0.394 e. The molecule has 1 saturated heterocycles. The molecule has 0 saturated carbocycles. The number of carbonyl (C=O) groups is 2. The fourth-order valence-electron chi connectivity index (χ4n) is 4.69. The summed E-state index contributed by atoms with van der Waals surface area (Å²) in [6.07, 6.45) is 1.65. The first-order chi connectivity index (χ1) is 27.2. The van der Waals surface area contributed by atoms with Crippen molar-refractivity contribution in [1.82, 2.24) is 4.90 Å². The van der Waals surface area contributed by atoms with Crippen molar-refractivity contribution in [3.8, 4) is 0 Å². The van der Waals surface area contributed by atoms with Crippen LogP contribution in [0.5, 0.6) is 0 Å². The van der Waals surface area contributed by atoms with Gasteiger partial charge >= 0.3 is 0 Å². The summed E-state index contributed by atoms with van der Waals surface area (Å²) >= 11 is 0. The molecule has 1 aliphatic rings. The third kappa shape index (κ3) is 35.3. The Morgan fingerprint density at radius 2 is 0.655 bits per heavy atom. The van der Waals surface area contributed by atoms with Crippen LogP contribution in [0.25, 0.3) is 0 Å². The summed E-state index contributed by atoms with van der Waals surface area (Å²) in [6.45, 7) is 13.5. The molecule has 3 N–H and O–H groups in total. The lowest BCUT2D eigenvalue weighted by Crippen LogP contribution is -2.43. The number of aliphatic hydroxyl groups excluding tert-OH is 1. The highest BCUT2D eigenvalue weighted by atomic mass is 16.6. The average molecular weight is 803 g/mol. The van der Waals surface area contributed by atoms with Crippen molar-refractivity contribution in [2.75, 3.05) is 198 Å². The fourth-order valence-corrected chi connectivity index (χ4v) is 4.69. The first-order valence-corrected chi connectivity index (χ1v) is 19.4. The Bertz CT molecular complexity index is 835.